The molecule has 0 saturated heterocycles. The van der Waals surface area contributed by atoms with E-state index >= 15 is 0 Å². The van der Waals surface area contributed by atoms with Crippen LogP contribution < -0.4 is 5.73 Å². The first kappa shape index (κ1) is 9.15. The third kappa shape index (κ3) is 2.28. The summed E-state index contributed by atoms with van der Waals surface area (Å²) in [5.74, 6) is -0.270. The van der Waals surface area contributed by atoms with Crippen LogP contribution in [0.4, 0.5) is 0 Å². The lowest BCUT2D eigenvalue weighted by atomic mass is 10.5. The lowest BCUT2D eigenvalue weighted by Crippen LogP contribution is -2.03. The molecule has 0 aromatic carbocycles. The van der Waals surface area contributed by atoms with Crippen molar-refractivity contribution in [3.8, 4) is 0 Å². The van der Waals surface area contributed by atoms with E-state index in [1.54, 1.807) is 6.20 Å². The maximum Gasteiger partial charge on any atom is 0.312 e. The molecule has 1 rings (SSSR count). The van der Waals surface area contributed by atoms with Crippen LogP contribution in [0.15, 0.2) is 6.20 Å². The number of hydrogen-bond donors (Lipinski definition) is 1. The number of hydrogen-bond acceptors (Lipinski definition) is 5. The molecule has 0 amide bonds. The van der Waals surface area contributed by atoms with E-state index in [9.17, 15) is 4.79 Å². The van der Waals surface area contributed by atoms with Crippen molar-refractivity contribution in [3.63, 3.8) is 0 Å². The van der Waals surface area contributed by atoms with Crippen LogP contribution >= 0.6 is 11.3 Å². The van der Waals surface area contributed by atoms with Crippen LogP contribution in [-0.2, 0) is 22.5 Å². The molecule has 12 heavy (non-hydrogen) atoms. The zero-order valence-electron chi connectivity index (χ0n) is 6.74. The molecule has 2 N–H and O–H groups in total. The third-order valence-electron chi connectivity index (χ3n) is 1.33. The number of thiazole rings is 1. The zero-order valence-corrected chi connectivity index (χ0v) is 7.56. The van der Waals surface area contributed by atoms with Crippen molar-refractivity contribution in [3.05, 3.63) is 16.1 Å². The molecule has 1 aromatic rings. The lowest BCUT2D eigenvalue weighted by Gasteiger charge is -1.93. The highest BCUT2D eigenvalue weighted by Crippen LogP contribution is 2.12. The van der Waals surface area contributed by atoms with Crippen molar-refractivity contribution in [1.29, 1.82) is 0 Å². The van der Waals surface area contributed by atoms with Crippen LogP contribution in [0.2, 0.25) is 0 Å². The Morgan fingerprint density at radius 1 is 1.83 bits per heavy atom. The Bertz CT molecular complexity index is 272. The van der Waals surface area contributed by atoms with Crippen LogP contribution in [-0.4, -0.2) is 18.1 Å². The monoisotopic (exact) mass is 186 g/mol. The highest BCUT2D eigenvalue weighted by molar-refractivity contribution is 7.11. The minimum absolute atomic E-state index is 0.237. The van der Waals surface area contributed by atoms with Gasteiger partial charge in [-0.2, -0.15) is 0 Å². The summed E-state index contributed by atoms with van der Waals surface area (Å²) in [4.78, 5) is 15.8. The molecule has 0 saturated carbocycles. The normalized spacial score (nSPS) is 9.83. The van der Waals surface area contributed by atoms with Gasteiger partial charge in [-0.3, -0.25) is 4.79 Å². The number of nitrogens with two attached hydrogens (primary N) is 1. The van der Waals surface area contributed by atoms with Crippen molar-refractivity contribution >= 4 is 17.3 Å². The molecule has 0 spiro atoms. The molecule has 1 aromatic heterocycles. The van der Waals surface area contributed by atoms with Crippen LogP contribution in [0.1, 0.15) is 9.88 Å². The Morgan fingerprint density at radius 3 is 3.08 bits per heavy atom. The molecule has 4 nitrogen and oxygen atoms in total. The third-order valence-corrected chi connectivity index (χ3v) is 2.35. The van der Waals surface area contributed by atoms with Gasteiger partial charge in [0.25, 0.3) is 0 Å². The quantitative estimate of drug-likeness (QED) is 0.690. The van der Waals surface area contributed by atoms with E-state index in [-0.39, 0.29) is 12.4 Å². The van der Waals surface area contributed by atoms with Crippen molar-refractivity contribution < 1.29 is 9.53 Å². The molecule has 0 aliphatic rings. The fourth-order valence-electron chi connectivity index (χ4n) is 0.720. The van der Waals surface area contributed by atoms with Crippen LogP contribution in [0.25, 0.3) is 0 Å². The van der Waals surface area contributed by atoms with Gasteiger partial charge in [0.2, 0.25) is 0 Å². The Kier molecular flexibility index (Phi) is 3.19. The van der Waals surface area contributed by atoms with Gasteiger partial charge in [0.05, 0.1) is 13.5 Å². The second-order valence-corrected chi connectivity index (χ2v) is 3.38. The van der Waals surface area contributed by atoms with E-state index in [1.165, 1.54) is 18.4 Å². The summed E-state index contributed by atoms with van der Waals surface area (Å²) in [6, 6.07) is 0. The number of ether oxygens (including phenoxy) is 1. The van der Waals surface area contributed by atoms with Crippen molar-refractivity contribution in [2.45, 2.75) is 13.0 Å². The highest BCUT2D eigenvalue weighted by Gasteiger charge is 2.06. The maximum absolute atomic E-state index is 10.8. The van der Waals surface area contributed by atoms with E-state index in [1.807, 2.05) is 0 Å². The minimum atomic E-state index is -0.270. The topological polar surface area (TPSA) is 65.2 Å². The predicted molar refractivity (Wildman–Crippen MR) is 45.7 cm³/mol. The first-order valence-electron chi connectivity index (χ1n) is 3.46. The zero-order chi connectivity index (χ0) is 8.97. The number of esters is 1. The summed E-state index contributed by atoms with van der Waals surface area (Å²) in [5, 5.41) is 0.752. The average molecular weight is 186 g/mol. The van der Waals surface area contributed by atoms with Gasteiger partial charge in [-0.05, 0) is 0 Å². The number of carbonyl (C=O) groups is 1. The van der Waals surface area contributed by atoms with Gasteiger partial charge in [0, 0.05) is 17.6 Å². The summed E-state index contributed by atoms with van der Waals surface area (Å²) < 4.78 is 4.49. The van der Waals surface area contributed by atoms with E-state index < -0.39 is 0 Å². The average Bonchev–Trinajstić information content (AvgIpc) is 2.52. The Balaban J connectivity index is 2.58. The SMILES string of the molecule is COC(=O)Cc1ncc(CN)s1. The molecular formula is C7H10N2O2S. The van der Waals surface area contributed by atoms with Gasteiger partial charge in [0.15, 0.2) is 0 Å². The second kappa shape index (κ2) is 4.18. The highest BCUT2D eigenvalue weighted by atomic mass is 32.1. The molecule has 1 heterocycles. The van der Waals surface area contributed by atoms with Crippen molar-refractivity contribution in [2.75, 3.05) is 7.11 Å². The molecule has 5 heteroatoms. The standard InChI is InChI=1S/C7H10N2O2S/c1-11-7(10)2-6-9-4-5(3-8)12-6/h4H,2-3,8H2,1H3. The Hall–Kier alpha value is -0.940. The second-order valence-electron chi connectivity index (χ2n) is 2.18. The fourth-order valence-corrected chi connectivity index (χ4v) is 1.51. The Labute approximate surface area is 74.4 Å². The number of methoxy groups -OCH3 is 1. The van der Waals surface area contributed by atoms with Gasteiger partial charge < -0.3 is 10.5 Å². The molecule has 0 bridgehead atoms. The molecule has 0 aliphatic carbocycles. The fraction of sp³-hybridized carbons (Fsp3) is 0.429. The molecule has 0 aliphatic heterocycles. The van der Waals surface area contributed by atoms with Crippen LogP contribution in [0, 0.1) is 0 Å². The molecule has 0 fully saturated rings. The largest absolute Gasteiger partial charge is 0.469 e. The summed E-state index contributed by atoms with van der Waals surface area (Å²) in [6.45, 7) is 0.471. The summed E-state index contributed by atoms with van der Waals surface area (Å²) in [7, 11) is 1.36. The van der Waals surface area contributed by atoms with Crippen LogP contribution in [0.3, 0.4) is 0 Å². The number of rotatable bonds is 3. The Morgan fingerprint density at radius 2 is 2.58 bits per heavy atom. The van der Waals surface area contributed by atoms with E-state index in [4.69, 9.17) is 5.73 Å². The van der Waals surface area contributed by atoms with E-state index in [0.717, 1.165) is 9.88 Å². The molecule has 0 unspecified atom stereocenters. The summed E-state index contributed by atoms with van der Waals surface area (Å²) in [6.07, 6.45) is 1.92. The van der Waals surface area contributed by atoms with Gasteiger partial charge >= 0.3 is 5.97 Å². The van der Waals surface area contributed by atoms with Crippen molar-refractivity contribution in [1.82, 2.24) is 4.98 Å². The molecule has 66 valence electrons. The predicted octanol–water partition coefficient (Wildman–Crippen LogP) is 0.317. The van der Waals surface area contributed by atoms with Gasteiger partial charge in [-0.15, -0.1) is 11.3 Å². The van der Waals surface area contributed by atoms with Crippen LogP contribution in [0.5, 0.6) is 0 Å². The summed E-state index contributed by atoms with van der Waals surface area (Å²) in [5.41, 5.74) is 5.38. The van der Waals surface area contributed by atoms with Crippen molar-refractivity contribution in [2.24, 2.45) is 5.73 Å². The number of carbonyl (C=O) groups excluding carboxylic acids is 1. The first-order valence-corrected chi connectivity index (χ1v) is 4.28. The molecule has 0 radical (unpaired) electrons. The van der Waals surface area contributed by atoms with Gasteiger partial charge in [-0.25, -0.2) is 4.98 Å². The smallest absolute Gasteiger partial charge is 0.312 e. The molecule has 0 atom stereocenters. The van der Waals surface area contributed by atoms with E-state index in [0.29, 0.717) is 6.54 Å². The minimum Gasteiger partial charge on any atom is -0.469 e. The van der Waals surface area contributed by atoms with Gasteiger partial charge in [-0.1, -0.05) is 0 Å². The lowest BCUT2D eigenvalue weighted by molar-refractivity contribution is -0.139. The van der Waals surface area contributed by atoms with Gasteiger partial charge in [0.1, 0.15) is 5.01 Å². The first-order chi connectivity index (χ1) is 5.76. The van der Waals surface area contributed by atoms with E-state index in [2.05, 4.69) is 9.72 Å². The molecular weight excluding hydrogens is 176 g/mol. The summed E-state index contributed by atoms with van der Waals surface area (Å²) >= 11 is 1.44. The number of nitrogens with zero attached hydrogens (tertiary/aromatic N) is 1. The number of aromatic nitrogens is 1. The maximum atomic E-state index is 10.8.